The Morgan fingerprint density at radius 3 is 2.40 bits per heavy atom. The van der Waals surface area contributed by atoms with Crippen molar-refractivity contribution >= 4 is 5.69 Å². The Hall–Kier alpha value is -0.980. The molecule has 0 aliphatic heterocycles. The normalized spacial score (nSPS) is 13.9. The molecule has 0 aliphatic rings. The van der Waals surface area contributed by atoms with E-state index in [1.165, 1.54) is 18.4 Å². The SMILES string of the molecule is CCC(C)(C)CC(C)c1ccccc1N. The molecular formula is C14H23N. The van der Waals surface area contributed by atoms with Gasteiger partial charge in [0.2, 0.25) is 0 Å². The number of anilines is 1. The van der Waals surface area contributed by atoms with Crippen molar-refractivity contribution in [3.63, 3.8) is 0 Å². The molecule has 0 bridgehead atoms. The maximum Gasteiger partial charge on any atom is 0.0349 e. The van der Waals surface area contributed by atoms with Gasteiger partial charge in [-0.1, -0.05) is 52.3 Å². The van der Waals surface area contributed by atoms with E-state index < -0.39 is 0 Å². The Balaban J connectivity index is 2.78. The molecular weight excluding hydrogens is 182 g/mol. The monoisotopic (exact) mass is 205 g/mol. The van der Waals surface area contributed by atoms with Crippen LogP contribution in [0.5, 0.6) is 0 Å². The molecule has 2 N–H and O–H groups in total. The number of benzene rings is 1. The summed E-state index contributed by atoms with van der Waals surface area (Å²) in [6, 6.07) is 8.20. The molecule has 0 fully saturated rings. The van der Waals surface area contributed by atoms with Gasteiger partial charge in [0.1, 0.15) is 0 Å². The molecule has 0 aliphatic carbocycles. The lowest BCUT2D eigenvalue weighted by atomic mass is 9.79. The van der Waals surface area contributed by atoms with Crippen LogP contribution in [0.15, 0.2) is 24.3 Å². The number of rotatable bonds is 4. The fourth-order valence-corrected chi connectivity index (χ4v) is 2.04. The number of hydrogen-bond donors (Lipinski definition) is 1. The van der Waals surface area contributed by atoms with E-state index in [-0.39, 0.29) is 0 Å². The van der Waals surface area contributed by atoms with Gasteiger partial charge in [-0.2, -0.15) is 0 Å². The predicted octanol–water partition coefficient (Wildman–Crippen LogP) is 4.20. The van der Waals surface area contributed by atoms with Crippen molar-refractivity contribution in [2.75, 3.05) is 5.73 Å². The van der Waals surface area contributed by atoms with E-state index in [9.17, 15) is 0 Å². The van der Waals surface area contributed by atoms with E-state index in [2.05, 4.69) is 39.8 Å². The van der Waals surface area contributed by atoms with Gasteiger partial charge in [-0.3, -0.25) is 0 Å². The summed E-state index contributed by atoms with van der Waals surface area (Å²) in [5.41, 5.74) is 8.60. The van der Waals surface area contributed by atoms with E-state index in [4.69, 9.17) is 5.73 Å². The highest BCUT2D eigenvalue weighted by atomic mass is 14.6. The van der Waals surface area contributed by atoms with E-state index >= 15 is 0 Å². The molecule has 0 saturated carbocycles. The molecule has 0 heterocycles. The maximum absolute atomic E-state index is 5.98. The van der Waals surface area contributed by atoms with Crippen LogP contribution < -0.4 is 5.73 Å². The molecule has 1 atom stereocenters. The van der Waals surface area contributed by atoms with Crippen molar-refractivity contribution < 1.29 is 0 Å². The third kappa shape index (κ3) is 3.26. The molecule has 0 radical (unpaired) electrons. The van der Waals surface area contributed by atoms with Crippen molar-refractivity contribution in [1.29, 1.82) is 0 Å². The third-order valence-corrected chi connectivity index (χ3v) is 3.34. The van der Waals surface area contributed by atoms with Crippen LogP contribution in [-0.2, 0) is 0 Å². The van der Waals surface area contributed by atoms with Crippen LogP contribution in [0.3, 0.4) is 0 Å². The predicted molar refractivity (Wildman–Crippen MR) is 68.0 cm³/mol. The molecule has 0 saturated heterocycles. The first kappa shape index (κ1) is 12.1. The first-order chi connectivity index (χ1) is 6.96. The molecule has 1 unspecified atom stereocenters. The second-order valence-electron chi connectivity index (χ2n) is 5.25. The van der Waals surface area contributed by atoms with Gasteiger partial charge in [-0.05, 0) is 29.4 Å². The van der Waals surface area contributed by atoms with Crippen LogP contribution in [0.25, 0.3) is 0 Å². The molecule has 1 aromatic rings. The molecule has 84 valence electrons. The van der Waals surface area contributed by atoms with Gasteiger partial charge in [0, 0.05) is 5.69 Å². The fourth-order valence-electron chi connectivity index (χ4n) is 2.04. The molecule has 1 aromatic carbocycles. The van der Waals surface area contributed by atoms with Crippen LogP contribution in [-0.4, -0.2) is 0 Å². The van der Waals surface area contributed by atoms with Crippen LogP contribution >= 0.6 is 0 Å². The van der Waals surface area contributed by atoms with Crippen LogP contribution in [0.4, 0.5) is 5.69 Å². The van der Waals surface area contributed by atoms with Gasteiger partial charge in [0.25, 0.3) is 0 Å². The Labute approximate surface area is 93.7 Å². The van der Waals surface area contributed by atoms with Crippen LogP contribution in [0.1, 0.15) is 52.0 Å². The smallest absolute Gasteiger partial charge is 0.0349 e. The molecule has 0 spiro atoms. The zero-order valence-corrected chi connectivity index (χ0v) is 10.4. The van der Waals surface area contributed by atoms with E-state index in [1.807, 2.05) is 12.1 Å². The van der Waals surface area contributed by atoms with Gasteiger partial charge >= 0.3 is 0 Å². The largest absolute Gasteiger partial charge is 0.398 e. The topological polar surface area (TPSA) is 26.0 Å². The van der Waals surface area contributed by atoms with Gasteiger partial charge in [-0.15, -0.1) is 0 Å². The second kappa shape index (κ2) is 4.69. The van der Waals surface area contributed by atoms with Gasteiger partial charge in [0.05, 0.1) is 0 Å². The average molecular weight is 205 g/mol. The van der Waals surface area contributed by atoms with E-state index in [0.29, 0.717) is 11.3 Å². The highest BCUT2D eigenvalue weighted by Gasteiger charge is 2.20. The van der Waals surface area contributed by atoms with Crippen molar-refractivity contribution in [3.05, 3.63) is 29.8 Å². The number of hydrogen-bond acceptors (Lipinski definition) is 1. The Morgan fingerprint density at radius 2 is 1.87 bits per heavy atom. The lowest BCUT2D eigenvalue weighted by Crippen LogP contribution is -2.14. The zero-order valence-electron chi connectivity index (χ0n) is 10.4. The lowest BCUT2D eigenvalue weighted by Gasteiger charge is -2.27. The maximum atomic E-state index is 5.98. The highest BCUT2D eigenvalue weighted by Crippen LogP contribution is 2.35. The third-order valence-electron chi connectivity index (χ3n) is 3.34. The van der Waals surface area contributed by atoms with Crippen LogP contribution in [0, 0.1) is 5.41 Å². The molecule has 0 amide bonds. The lowest BCUT2D eigenvalue weighted by molar-refractivity contribution is 0.300. The Morgan fingerprint density at radius 1 is 1.27 bits per heavy atom. The summed E-state index contributed by atoms with van der Waals surface area (Å²) in [7, 11) is 0. The van der Waals surface area contributed by atoms with Gasteiger partial charge < -0.3 is 5.73 Å². The molecule has 0 aromatic heterocycles. The molecule has 15 heavy (non-hydrogen) atoms. The minimum absolute atomic E-state index is 0.404. The quantitative estimate of drug-likeness (QED) is 0.732. The summed E-state index contributed by atoms with van der Waals surface area (Å²) >= 11 is 0. The average Bonchev–Trinajstić information content (AvgIpc) is 2.17. The second-order valence-corrected chi connectivity index (χ2v) is 5.25. The molecule has 1 nitrogen and oxygen atoms in total. The Bertz CT molecular complexity index is 315. The summed E-state index contributed by atoms with van der Waals surface area (Å²) in [6.45, 7) is 9.16. The van der Waals surface area contributed by atoms with Crippen molar-refractivity contribution in [3.8, 4) is 0 Å². The first-order valence-corrected chi connectivity index (χ1v) is 5.80. The fraction of sp³-hybridized carbons (Fsp3) is 0.571. The van der Waals surface area contributed by atoms with E-state index in [0.717, 1.165) is 5.69 Å². The molecule has 1 rings (SSSR count). The minimum atomic E-state index is 0.404. The van der Waals surface area contributed by atoms with Gasteiger partial charge in [0.15, 0.2) is 0 Å². The minimum Gasteiger partial charge on any atom is -0.398 e. The Kier molecular flexibility index (Phi) is 3.78. The summed E-state index contributed by atoms with van der Waals surface area (Å²) in [5, 5.41) is 0. The van der Waals surface area contributed by atoms with Crippen molar-refractivity contribution in [1.82, 2.24) is 0 Å². The highest BCUT2D eigenvalue weighted by molar-refractivity contribution is 5.48. The summed E-state index contributed by atoms with van der Waals surface area (Å²) in [6.07, 6.45) is 2.40. The summed E-state index contributed by atoms with van der Waals surface area (Å²) in [5.74, 6) is 0.543. The zero-order chi connectivity index (χ0) is 11.5. The van der Waals surface area contributed by atoms with Gasteiger partial charge in [-0.25, -0.2) is 0 Å². The van der Waals surface area contributed by atoms with E-state index in [1.54, 1.807) is 0 Å². The first-order valence-electron chi connectivity index (χ1n) is 5.80. The van der Waals surface area contributed by atoms with Crippen molar-refractivity contribution in [2.24, 2.45) is 5.41 Å². The van der Waals surface area contributed by atoms with Crippen molar-refractivity contribution in [2.45, 2.75) is 46.5 Å². The molecule has 1 heteroatoms. The summed E-state index contributed by atoms with van der Waals surface area (Å²) in [4.78, 5) is 0. The number of nitrogen functional groups attached to an aromatic ring is 1. The number of para-hydroxylation sites is 1. The summed E-state index contributed by atoms with van der Waals surface area (Å²) < 4.78 is 0. The van der Waals surface area contributed by atoms with Crippen LogP contribution in [0.2, 0.25) is 0 Å². The number of nitrogens with two attached hydrogens (primary N) is 1. The standard InChI is InChI=1S/C14H23N/c1-5-14(3,4)10-11(2)12-8-6-7-9-13(12)15/h6-9,11H,5,10,15H2,1-4H3.